The number of carbonyl (C=O) groups is 1. The predicted molar refractivity (Wildman–Crippen MR) is 119 cm³/mol. The van der Waals surface area contributed by atoms with Gasteiger partial charge in [-0.1, -0.05) is 79.7 Å². The molecule has 0 aliphatic heterocycles. The van der Waals surface area contributed by atoms with E-state index in [0.29, 0.717) is 6.54 Å². The molecule has 1 N–H and O–H groups in total. The lowest BCUT2D eigenvalue weighted by molar-refractivity contribution is 0.257. The zero-order valence-electron chi connectivity index (χ0n) is 16.4. The highest BCUT2D eigenvalue weighted by Crippen LogP contribution is 2.19. The summed E-state index contributed by atoms with van der Waals surface area (Å²) in [6.07, 6.45) is 5.03. The van der Waals surface area contributed by atoms with E-state index in [1.54, 1.807) is 4.90 Å². The van der Waals surface area contributed by atoms with Crippen LogP contribution in [0.2, 0.25) is 0 Å². The van der Waals surface area contributed by atoms with Crippen LogP contribution in [0.4, 0.5) is 16.2 Å². The Morgan fingerprint density at radius 2 is 1.61 bits per heavy atom. The highest BCUT2D eigenvalue weighted by molar-refractivity contribution is 6.02. The zero-order chi connectivity index (χ0) is 19.8. The van der Waals surface area contributed by atoms with Crippen molar-refractivity contribution in [2.24, 2.45) is 0 Å². The molecule has 142 valence electrons. The summed E-state index contributed by atoms with van der Waals surface area (Å²) < 4.78 is 0. The number of nitrogens with zero attached hydrogens (tertiary/aromatic N) is 1. The molecule has 0 fully saturated rings. The fraction of sp³-hybridized carbons (Fsp3) is 0.160. The average molecular weight is 370 g/mol. The molecule has 0 aromatic heterocycles. The van der Waals surface area contributed by atoms with Crippen molar-refractivity contribution in [2.45, 2.75) is 20.3 Å². The van der Waals surface area contributed by atoms with Gasteiger partial charge in [0.2, 0.25) is 0 Å². The fourth-order valence-electron chi connectivity index (χ4n) is 2.97. The Kier molecular flexibility index (Phi) is 6.64. The Bertz CT molecular complexity index is 930. The van der Waals surface area contributed by atoms with Gasteiger partial charge in [-0.3, -0.25) is 4.90 Å². The van der Waals surface area contributed by atoms with E-state index in [1.165, 1.54) is 5.56 Å². The van der Waals surface area contributed by atoms with Crippen LogP contribution in [-0.2, 0) is 6.42 Å². The lowest BCUT2D eigenvalue weighted by Gasteiger charge is -2.23. The summed E-state index contributed by atoms with van der Waals surface area (Å²) in [4.78, 5) is 14.8. The van der Waals surface area contributed by atoms with Crippen molar-refractivity contribution in [3.63, 3.8) is 0 Å². The van der Waals surface area contributed by atoms with Crippen LogP contribution in [0.25, 0.3) is 6.08 Å². The molecule has 28 heavy (non-hydrogen) atoms. The average Bonchev–Trinajstić information content (AvgIpc) is 2.74. The Morgan fingerprint density at radius 1 is 0.929 bits per heavy atom. The summed E-state index contributed by atoms with van der Waals surface area (Å²) in [5.41, 5.74) is 5.11. The molecule has 0 saturated heterocycles. The predicted octanol–water partition coefficient (Wildman–Crippen LogP) is 6.31. The van der Waals surface area contributed by atoms with Crippen molar-refractivity contribution < 1.29 is 4.79 Å². The Labute approximate surface area is 167 Å². The van der Waals surface area contributed by atoms with E-state index in [9.17, 15) is 4.79 Å². The van der Waals surface area contributed by atoms with Crippen LogP contribution in [0.15, 0.2) is 84.9 Å². The third-order valence-electron chi connectivity index (χ3n) is 4.69. The first kappa shape index (κ1) is 19.4. The number of aryl methyl sites for hydroxylation is 2. The van der Waals surface area contributed by atoms with Gasteiger partial charge in [0.05, 0.1) is 0 Å². The van der Waals surface area contributed by atoms with Gasteiger partial charge < -0.3 is 5.32 Å². The Balaban J connectivity index is 1.81. The van der Waals surface area contributed by atoms with Crippen LogP contribution in [0, 0.1) is 6.92 Å². The molecule has 3 nitrogen and oxygen atoms in total. The summed E-state index contributed by atoms with van der Waals surface area (Å²) in [6.45, 7) is 4.60. The van der Waals surface area contributed by atoms with E-state index in [1.807, 2.05) is 85.8 Å². The molecule has 0 spiro atoms. The largest absolute Gasteiger partial charge is 0.326 e. The molecule has 0 unspecified atom stereocenters. The van der Waals surface area contributed by atoms with Crippen LogP contribution in [0.3, 0.4) is 0 Å². The molecule has 0 radical (unpaired) electrons. The number of benzene rings is 3. The van der Waals surface area contributed by atoms with E-state index in [-0.39, 0.29) is 6.03 Å². The minimum absolute atomic E-state index is 0.142. The molecule has 3 heteroatoms. The minimum Gasteiger partial charge on any atom is -0.307 e. The van der Waals surface area contributed by atoms with E-state index < -0.39 is 0 Å². The maximum atomic E-state index is 13.0. The quantitative estimate of drug-likeness (QED) is 0.542. The first-order valence-electron chi connectivity index (χ1n) is 9.62. The van der Waals surface area contributed by atoms with Crippen LogP contribution < -0.4 is 10.2 Å². The van der Waals surface area contributed by atoms with Gasteiger partial charge >= 0.3 is 6.03 Å². The molecule has 0 bridgehead atoms. The van der Waals surface area contributed by atoms with E-state index in [2.05, 4.69) is 24.4 Å². The summed E-state index contributed by atoms with van der Waals surface area (Å²) in [6, 6.07) is 25.9. The van der Waals surface area contributed by atoms with Gasteiger partial charge in [-0.25, -0.2) is 4.79 Å². The summed E-state index contributed by atoms with van der Waals surface area (Å²) in [5, 5.41) is 3.04. The van der Waals surface area contributed by atoms with E-state index in [0.717, 1.165) is 28.9 Å². The van der Waals surface area contributed by atoms with Gasteiger partial charge in [0.1, 0.15) is 0 Å². The van der Waals surface area contributed by atoms with Crippen LogP contribution in [0.1, 0.15) is 23.6 Å². The lowest BCUT2D eigenvalue weighted by atomic mass is 10.1. The van der Waals surface area contributed by atoms with Crippen molar-refractivity contribution in [1.29, 1.82) is 0 Å². The molecule has 0 heterocycles. The highest BCUT2D eigenvalue weighted by atomic mass is 16.2. The fourth-order valence-corrected chi connectivity index (χ4v) is 2.97. The third kappa shape index (κ3) is 5.10. The normalized spacial score (nSPS) is 10.8. The summed E-state index contributed by atoms with van der Waals surface area (Å²) in [5.74, 6) is 0. The second-order valence-corrected chi connectivity index (χ2v) is 6.69. The SMILES string of the molecule is CCc1ccc(N(C/C=C/c2ccccc2)C(=O)Nc2ccccc2C)cc1. The number of amides is 2. The van der Waals surface area contributed by atoms with Gasteiger partial charge in [0.15, 0.2) is 0 Å². The van der Waals surface area contributed by atoms with Gasteiger partial charge in [-0.2, -0.15) is 0 Å². The van der Waals surface area contributed by atoms with Crippen LogP contribution in [-0.4, -0.2) is 12.6 Å². The van der Waals surface area contributed by atoms with Crippen molar-refractivity contribution in [2.75, 3.05) is 16.8 Å². The van der Waals surface area contributed by atoms with Crippen molar-refractivity contribution in [3.8, 4) is 0 Å². The highest BCUT2D eigenvalue weighted by Gasteiger charge is 2.15. The third-order valence-corrected chi connectivity index (χ3v) is 4.69. The van der Waals surface area contributed by atoms with Crippen molar-refractivity contribution in [1.82, 2.24) is 0 Å². The maximum absolute atomic E-state index is 13.0. The summed E-state index contributed by atoms with van der Waals surface area (Å²) >= 11 is 0. The standard InChI is InChI=1S/C25H26N2O/c1-3-21-15-17-23(18-16-21)27(19-9-13-22-11-5-4-6-12-22)25(28)26-24-14-8-7-10-20(24)2/h4-18H,3,19H2,1-2H3,(H,26,28)/b13-9+. The van der Waals surface area contributed by atoms with Crippen LogP contribution in [0.5, 0.6) is 0 Å². The Hall–Kier alpha value is -3.33. The minimum atomic E-state index is -0.142. The molecule has 0 atom stereocenters. The molecule has 0 saturated carbocycles. The van der Waals surface area contributed by atoms with Gasteiger partial charge in [0, 0.05) is 17.9 Å². The first-order valence-corrected chi connectivity index (χ1v) is 9.62. The number of urea groups is 1. The monoisotopic (exact) mass is 370 g/mol. The second kappa shape index (κ2) is 9.56. The molecule has 3 aromatic rings. The van der Waals surface area contributed by atoms with E-state index in [4.69, 9.17) is 0 Å². The molecule has 3 aromatic carbocycles. The smallest absolute Gasteiger partial charge is 0.307 e. The van der Waals surface area contributed by atoms with Crippen LogP contribution >= 0.6 is 0 Å². The number of nitrogens with one attached hydrogen (secondary N) is 1. The summed E-state index contributed by atoms with van der Waals surface area (Å²) in [7, 11) is 0. The first-order chi connectivity index (χ1) is 13.7. The number of para-hydroxylation sites is 1. The number of carbonyl (C=O) groups excluding carboxylic acids is 1. The zero-order valence-corrected chi connectivity index (χ0v) is 16.4. The molecule has 0 aliphatic rings. The molecular formula is C25H26N2O. The van der Waals surface area contributed by atoms with Gasteiger partial charge in [-0.05, 0) is 48.2 Å². The molecule has 2 amide bonds. The number of anilines is 2. The molecular weight excluding hydrogens is 344 g/mol. The number of rotatable bonds is 6. The van der Waals surface area contributed by atoms with Crippen molar-refractivity contribution in [3.05, 3.63) is 102 Å². The number of hydrogen-bond acceptors (Lipinski definition) is 1. The van der Waals surface area contributed by atoms with E-state index >= 15 is 0 Å². The van der Waals surface area contributed by atoms with Crippen molar-refractivity contribution >= 4 is 23.5 Å². The topological polar surface area (TPSA) is 32.3 Å². The lowest BCUT2D eigenvalue weighted by Crippen LogP contribution is -2.35. The number of hydrogen-bond donors (Lipinski definition) is 1. The maximum Gasteiger partial charge on any atom is 0.326 e. The molecule has 3 rings (SSSR count). The molecule has 0 aliphatic carbocycles. The Morgan fingerprint density at radius 3 is 2.29 bits per heavy atom. The van der Waals surface area contributed by atoms with Gasteiger partial charge in [0.25, 0.3) is 0 Å². The van der Waals surface area contributed by atoms with Gasteiger partial charge in [-0.15, -0.1) is 0 Å². The second-order valence-electron chi connectivity index (χ2n) is 6.69.